The molecule has 3 aromatic rings. The number of nitrogens with two attached hydrogens (primary N) is 1. The van der Waals surface area contributed by atoms with Gasteiger partial charge in [-0.25, -0.2) is 4.39 Å². The van der Waals surface area contributed by atoms with E-state index in [1.165, 1.54) is 23.9 Å². The zero-order valence-corrected chi connectivity index (χ0v) is 10.8. The lowest BCUT2D eigenvalue weighted by atomic mass is 10.1. The predicted octanol–water partition coefficient (Wildman–Crippen LogP) is 4.11. The summed E-state index contributed by atoms with van der Waals surface area (Å²) < 4.78 is 13.2. The first kappa shape index (κ1) is 12.0. The summed E-state index contributed by atoms with van der Waals surface area (Å²) in [5.41, 5.74) is 6.87. The van der Waals surface area contributed by atoms with Gasteiger partial charge in [0.05, 0.1) is 5.69 Å². The second-order valence-corrected chi connectivity index (χ2v) is 5.25. The fourth-order valence-electron chi connectivity index (χ4n) is 1.92. The molecule has 0 aliphatic carbocycles. The van der Waals surface area contributed by atoms with E-state index in [2.05, 4.69) is 4.98 Å². The van der Waals surface area contributed by atoms with Crippen molar-refractivity contribution in [3.8, 4) is 0 Å². The highest BCUT2D eigenvalue weighted by molar-refractivity contribution is 7.99. The summed E-state index contributed by atoms with van der Waals surface area (Å²) in [6, 6.07) is 12.3. The van der Waals surface area contributed by atoms with Crippen LogP contribution in [0.5, 0.6) is 0 Å². The van der Waals surface area contributed by atoms with Crippen LogP contribution in [0.25, 0.3) is 10.8 Å². The first-order valence-electron chi connectivity index (χ1n) is 5.80. The lowest BCUT2D eigenvalue weighted by molar-refractivity contribution is 0.624. The Morgan fingerprint density at radius 3 is 2.84 bits per heavy atom. The third-order valence-electron chi connectivity index (χ3n) is 2.85. The molecular weight excluding hydrogens is 259 g/mol. The number of nitrogen functional groups attached to an aromatic ring is 1. The van der Waals surface area contributed by atoms with E-state index in [1.807, 2.05) is 24.3 Å². The number of hydrogen-bond acceptors (Lipinski definition) is 3. The van der Waals surface area contributed by atoms with Gasteiger partial charge >= 0.3 is 0 Å². The number of halogens is 1. The minimum absolute atomic E-state index is 0.242. The summed E-state index contributed by atoms with van der Waals surface area (Å²) >= 11 is 1.46. The van der Waals surface area contributed by atoms with Crippen LogP contribution in [0.4, 0.5) is 10.1 Å². The molecule has 0 unspecified atom stereocenters. The summed E-state index contributed by atoms with van der Waals surface area (Å²) in [6.07, 6.45) is 3.50. The number of pyridine rings is 1. The number of aromatic nitrogens is 1. The normalized spacial score (nSPS) is 10.8. The van der Waals surface area contributed by atoms with E-state index in [4.69, 9.17) is 5.73 Å². The lowest BCUT2D eigenvalue weighted by Gasteiger charge is -2.08. The Morgan fingerprint density at radius 2 is 2.00 bits per heavy atom. The summed E-state index contributed by atoms with van der Waals surface area (Å²) in [4.78, 5) is 5.82. The molecular formula is C15H11FN2S. The SMILES string of the molecule is Nc1c(Sc2cccc(F)c2)ccc2cnccc12. The molecule has 1 aromatic heterocycles. The Kier molecular flexibility index (Phi) is 3.09. The fourth-order valence-corrected chi connectivity index (χ4v) is 2.85. The van der Waals surface area contributed by atoms with Gasteiger partial charge in [-0.2, -0.15) is 0 Å². The van der Waals surface area contributed by atoms with Crippen molar-refractivity contribution in [3.63, 3.8) is 0 Å². The zero-order valence-electron chi connectivity index (χ0n) is 10.0. The van der Waals surface area contributed by atoms with Crippen LogP contribution in [-0.4, -0.2) is 4.98 Å². The fraction of sp³-hybridized carbons (Fsp3) is 0. The van der Waals surface area contributed by atoms with Crippen LogP contribution in [0.3, 0.4) is 0 Å². The maximum absolute atomic E-state index is 13.2. The largest absolute Gasteiger partial charge is 0.397 e. The lowest BCUT2D eigenvalue weighted by Crippen LogP contribution is -1.91. The minimum atomic E-state index is -0.242. The first-order chi connectivity index (χ1) is 9.24. The highest BCUT2D eigenvalue weighted by atomic mass is 32.2. The summed E-state index contributed by atoms with van der Waals surface area (Å²) in [7, 11) is 0. The molecule has 1 heterocycles. The highest BCUT2D eigenvalue weighted by Gasteiger charge is 2.06. The van der Waals surface area contributed by atoms with Crippen molar-refractivity contribution in [2.45, 2.75) is 9.79 Å². The Bertz CT molecular complexity index is 743. The second kappa shape index (κ2) is 4.90. The van der Waals surface area contributed by atoms with Crippen LogP contribution < -0.4 is 5.73 Å². The van der Waals surface area contributed by atoms with Gasteiger partial charge in [0.25, 0.3) is 0 Å². The second-order valence-electron chi connectivity index (χ2n) is 4.13. The average Bonchev–Trinajstić information content (AvgIpc) is 2.42. The molecule has 0 aliphatic heterocycles. The van der Waals surface area contributed by atoms with Crippen LogP contribution in [0, 0.1) is 5.82 Å². The van der Waals surface area contributed by atoms with Crippen molar-refractivity contribution in [2.24, 2.45) is 0 Å². The number of anilines is 1. The van der Waals surface area contributed by atoms with E-state index < -0.39 is 0 Å². The minimum Gasteiger partial charge on any atom is -0.397 e. The van der Waals surface area contributed by atoms with E-state index >= 15 is 0 Å². The van der Waals surface area contributed by atoms with Crippen LogP contribution >= 0.6 is 11.8 Å². The van der Waals surface area contributed by atoms with E-state index in [1.54, 1.807) is 18.5 Å². The van der Waals surface area contributed by atoms with Gasteiger partial charge in [-0.15, -0.1) is 0 Å². The van der Waals surface area contributed by atoms with Crippen LogP contribution in [0.1, 0.15) is 0 Å². The highest BCUT2D eigenvalue weighted by Crippen LogP contribution is 2.36. The van der Waals surface area contributed by atoms with Gasteiger partial charge in [0, 0.05) is 33.0 Å². The summed E-state index contributed by atoms with van der Waals surface area (Å²) in [6.45, 7) is 0. The van der Waals surface area contributed by atoms with Crippen molar-refractivity contribution in [1.29, 1.82) is 0 Å². The molecule has 0 aliphatic rings. The van der Waals surface area contributed by atoms with Crippen molar-refractivity contribution in [3.05, 3.63) is 60.7 Å². The number of rotatable bonds is 2. The van der Waals surface area contributed by atoms with E-state index in [0.29, 0.717) is 5.69 Å². The Labute approximate surface area is 114 Å². The predicted molar refractivity (Wildman–Crippen MR) is 76.7 cm³/mol. The number of nitrogens with zero attached hydrogens (tertiary/aromatic N) is 1. The number of hydrogen-bond donors (Lipinski definition) is 1. The molecule has 0 spiro atoms. The summed E-state index contributed by atoms with van der Waals surface area (Å²) in [5, 5.41) is 1.97. The molecule has 0 saturated carbocycles. The molecule has 4 heteroatoms. The molecule has 2 N–H and O–H groups in total. The van der Waals surface area contributed by atoms with Gasteiger partial charge in [0.15, 0.2) is 0 Å². The van der Waals surface area contributed by atoms with Gasteiger partial charge in [0.2, 0.25) is 0 Å². The van der Waals surface area contributed by atoms with Gasteiger partial charge in [-0.3, -0.25) is 4.98 Å². The Hall–Kier alpha value is -2.07. The molecule has 2 nitrogen and oxygen atoms in total. The third kappa shape index (κ3) is 2.39. The van der Waals surface area contributed by atoms with Crippen molar-refractivity contribution in [1.82, 2.24) is 4.98 Å². The summed E-state index contributed by atoms with van der Waals surface area (Å²) in [5.74, 6) is -0.242. The standard InChI is InChI=1S/C15H11FN2S/c16-11-2-1-3-12(8-11)19-14-5-4-10-9-18-7-6-13(10)15(14)17/h1-9H,17H2. The van der Waals surface area contributed by atoms with Gasteiger partial charge in [-0.05, 0) is 30.3 Å². The molecule has 0 amide bonds. The van der Waals surface area contributed by atoms with Crippen LogP contribution in [0.15, 0.2) is 64.6 Å². The van der Waals surface area contributed by atoms with Crippen molar-refractivity contribution >= 4 is 28.2 Å². The van der Waals surface area contributed by atoms with Crippen molar-refractivity contribution < 1.29 is 4.39 Å². The third-order valence-corrected chi connectivity index (χ3v) is 3.91. The maximum atomic E-state index is 13.2. The monoisotopic (exact) mass is 270 g/mol. The maximum Gasteiger partial charge on any atom is 0.124 e. The topological polar surface area (TPSA) is 38.9 Å². The number of benzene rings is 2. The molecule has 0 fully saturated rings. The van der Waals surface area contributed by atoms with Crippen LogP contribution in [0.2, 0.25) is 0 Å². The van der Waals surface area contributed by atoms with E-state index in [0.717, 1.165) is 20.6 Å². The molecule has 3 rings (SSSR count). The van der Waals surface area contributed by atoms with Crippen molar-refractivity contribution in [2.75, 3.05) is 5.73 Å². The first-order valence-corrected chi connectivity index (χ1v) is 6.61. The van der Waals surface area contributed by atoms with Gasteiger partial charge in [0.1, 0.15) is 5.82 Å². The molecule has 0 radical (unpaired) electrons. The van der Waals surface area contributed by atoms with E-state index in [9.17, 15) is 4.39 Å². The quantitative estimate of drug-likeness (QED) is 0.712. The molecule has 0 bridgehead atoms. The smallest absolute Gasteiger partial charge is 0.124 e. The number of fused-ring (bicyclic) bond motifs is 1. The molecule has 0 atom stereocenters. The molecule has 2 aromatic carbocycles. The average molecular weight is 270 g/mol. The zero-order chi connectivity index (χ0) is 13.2. The Morgan fingerprint density at radius 1 is 1.11 bits per heavy atom. The molecule has 19 heavy (non-hydrogen) atoms. The molecule has 0 saturated heterocycles. The van der Waals surface area contributed by atoms with Gasteiger partial charge in [-0.1, -0.05) is 23.9 Å². The van der Waals surface area contributed by atoms with Gasteiger partial charge < -0.3 is 5.73 Å². The van der Waals surface area contributed by atoms with E-state index in [-0.39, 0.29) is 5.82 Å². The molecule has 94 valence electrons. The Balaban J connectivity index is 2.04. The van der Waals surface area contributed by atoms with Crippen LogP contribution in [-0.2, 0) is 0 Å².